The van der Waals surface area contributed by atoms with Crippen LogP contribution < -0.4 is 11.1 Å². The van der Waals surface area contributed by atoms with Crippen molar-refractivity contribution in [2.75, 3.05) is 6.61 Å². The first kappa shape index (κ1) is 10.6. The Morgan fingerprint density at radius 3 is 3.18 bits per heavy atom. The van der Waals surface area contributed by atoms with Crippen molar-refractivity contribution >= 4 is 5.91 Å². The molecule has 6 heteroatoms. The molecule has 2 heterocycles. The summed E-state index contributed by atoms with van der Waals surface area (Å²) in [6, 6.07) is 1.55. The predicted molar refractivity (Wildman–Crippen MR) is 59.1 cm³/mol. The van der Waals surface area contributed by atoms with Crippen LogP contribution in [-0.4, -0.2) is 40.9 Å². The molecule has 0 radical (unpaired) electrons. The Morgan fingerprint density at radius 2 is 2.41 bits per heavy atom. The van der Waals surface area contributed by atoms with E-state index in [2.05, 4.69) is 15.5 Å². The van der Waals surface area contributed by atoms with Crippen LogP contribution in [0.5, 0.6) is 0 Å². The second kappa shape index (κ2) is 4.05. The lowest BCUT2D eigenvalue weighted by Crippen LogP contribution is -2.68. The number of rotatable bonds is 2. The average Bonchev–Trinajstić information content (AvgIpc) is 2.81. The zero-order valence-corrected chi connectivity index (χ0v) is 9.24. The summed E-state index contributed by atoms with van der Waals surface area (Å²) in [7, 11) is 0. The zero-order valence-electron chi connectivity index (χ0n) is 9.24. The van der Waals surface area contributed by atoms with Crippen LogP contribution in [0.3, 0.4) is 0 Å². The molecule has 1 amide bonds. The van der Waals surface area contributed by atoms with E-state index in [4.69, 9.17) is 10.5 Å². The molecule has 6 nitrogen and oxygen atoms in total. The highest BCUT2D eigenvalue weighted by molar-refractivity contribution is 5.94. The third kappa shape index (κ3) is 1.69. The lowest BCUT2D eigenvalue weighted by molar-refractivity contribution is -0.0161. The van der Waals surface area contributed by atoms with Gasteiger partial charge in [-0.15, -0.1) is 0 Å². The van der Waals surface area contributed by atoms with E-state index in [1.165, 1.54) is 12.4 Å². The maximum Gasteiger partial charge on any atom is 0.253 e. The maximum atomic E-state index is 11.9. The summed E-state index contributed by atoms with van der Waals surface area (Å²) in [5.74, 6) is 0.227. The van der Waals surface area contributed by atoms with Crippen LogP contribution in [-0.2, 0) is 4.74 Å². The van der Waals surface area contributed by atoms with Gasteiger partial charge in [0.15, 0.2) is 0 Å². The van der Waals surface area contributed by atoms with Crippen LogP contribution in [0, 0.1) is 5.92 Å². The summed E-state index contributed by atoms with van der Waals surface area (Å²) >= 11 is 0. The van der Waals surface area contributed by atoms with Crippen LogP contribution in [0.4, 0.5) is 0 Å². The first-order valence-electron chi connectivity index (χ1n) is 5.72. The standard InChI is InChI=1S/C11H14N4O2/c12-8-7-2-4-17-10(7)9(8)15-11(16)6-1-3-13-14-5-6/h1,3,5,7-10H,2,4,12H2,(H,15,16). The van der Waals surface area contributed by atoms with Gasteiger partial charge in [0.1, 0.15) is 0 Å². The van der Waals surface area contributed by atoms with Gasteiger partial charge < -0.3 is 15.8 Å². The molecule has 90 valence electrons. The number of fused-ring (bicyclic) bond motifs is 1. The van der Waals surface area contributed by atoms with Crippen molar-refractivity contribution in [1.29, 1.82) is 0 Å². The number of ether oxygens (including phenoxy) is 1. The smallest absolute Gasteiger partial charge is 0.253 e. The van der Waals surface area contributed by atoms with Gasteiger partial charge in [-0.05, 0) is 12.5 Å². The van der Waals surface area contributed by atoms with Crippen molar-refractivity contribution in [2.24, 2.45) is 11.7 Å². The number of nitrogens with one attached hydrogen (secondary N) is 1. The van der Waals surface area contributed by atoms with Gasteiger partial charge in [-0.1, -0.05) is 0 Å². The summed E-state index contributed by atoms with van der Waals surface area (Å²) in [6.07, 6.45) is 4.01. The van der Waals surface area contributed by atoms with Crippen LogP contribution in [0.2, 0.25) is 0 Å². The Kier molecular flexibility index (Phi) is 2.53. The minimum atomic E-state index is -0.172. The fourth-order valence-electron chi connectivity index (χ4n) is 2.59. The highest BCUT2D eigenvalue weighted by Crippen LogP contribution is 2.37. The molecule has 1 saturated carbocycles. The molecule has 4 atom stereocenters. The number of hydrogen-bond acceptors (Lipinski definition) is 5. The Labute approximate surface area is 98.5 Å². The Hall–Kier alpha value is -1.53. The van der Waals surface area contributed by atoms with Gasteiger partial charge in [0.2, 0.25) is 0 Å². The molecule has 4 unspecified atom stereocenters. The van der Waals surface area contributed by atoms with E-state index < -0.39 is 0 Å². The molecular formula is C11H14N4O2. The lowest BCUT2D eigenvalue weighted by atomic mass is 9.72. The maximum absolute atomic E-state index is 11.9. The Bertz CT molecular complexity index is 425. The third-order valence-corrected chi connectivity index (χ3v) is 3.59. The number of aromatic nitrogens is 2. The molecule has 0 spiro atoms. The topological polar surface area (TPSA) is 90.1 Å². The average molecular weight is 234 g/mol. The van der Waals surface area contributed by atoms with Gasteiger partial charge in [-0.2, -0.15) is 10.2 Å². The highest BCUT2D eigenvalue weighted by Gasteiger charge is 2.52. The van der Waals surface area contributed by atoms with Gasteiger partial charge >= 0.3 is 0 Å². The quantitative estimate of drug-likeness (QED) is 0.707. The molecule has 1 aromatic heterocycles. The molecule has 0 aromatic carbocycles. The van der Waals surface area contributed by atoms with E-state index >= 15 is 0 Å². The minimum Gasteiger partial charge on any atom is -0.376 e. The number of nitrogens with zero attached hydrogens (tertiary/aromatic N) is 2. The van der Waals surface area contributed by atoms with Crippen molar-refractivity contribution in [3.8, 4) is 0 Å². The number of carbonyl (C=O) groups excluding carboxylic acids is 1. The SMILES string of the molecule is NC1C2CCOC2C1NC(=O)c1ccnnc1. The van der Waals surface area contributed by atoms with E-state index in [-0.39, 0.29) is 24.1 Å². The predicted octanol–water partition coefficient (Wildman–Crippen LogP) is -0.679. The van der Waals surface area contributed by atoms with E-state index in [1.807, 2.05) is 0 Å². The number of carbonyl (C=O) groups is 1. The molecule has 3 N–H and O–H groups in total. The Balaban J connectivity index is 1.66. The molecule has 1 aliphatic carbocycles. The molecule has 1 aliphatic heterocycles. The number of amides is 1. The molecule has 2 aliphatic rings. The van der Waals surface area contributed by atoms with Crippen LogP contribution in [0.15, 0.2) is 18.5 Å². The summed E-state index contributed by atoms with van der Waals surface area (Å²) in [5, 5.41) is 10.2. The summed E-state index contributed by atoms with van der Waals surface area (Å²) in [6.45, 7) is 0.742. The van der Waals surface area contributed by atoms with Crippen molar-refractivity contribution < 1.29 is 9.53 Å². The van der Waals surface area contributed by atoms with E-state index in [1.54, 1.807) is 6.07 Å². The molecule has 3 rings (SSSR count). The van der Waals surface area contributed by atoms with Gasteiger partial charge in [0, 0.05) is 18.6 Å². The van der Waals surface area contributed by atoms with Gasteiger partial charge in [-0.25, -0.2) is 0 Å². The summed E-state index contributed by atoms with van der Waals surface area (Å²) in [5.41, 5.74) is 6.51. The van der Waals surface area contributed by atoms with Crippen LogP contribution in [0.25, 0.3) is 0 Å². The normalized spacial score (nSPS) is 34.9. The van der Waals surface area contributed by atoms with E-state index in [9.17, 15) is 4.79 Å². The molecule has 0 bridgehead atoms. The summed E-state index contributed by atoms with van der Waals surface area (Å²) < 4.78 is 5.55. The first-order chi connectivity index (χ1) is 8.27. The fourth-order valence-corrected chi connectivity index (χ4v) is 2.59. The Morgan fingerprint density at radius 1 is 1.53 bits per heavy atom. The molecule has 17 heavy (non-hydrogen) atoms. The number of nitrogens with two attached hydrogens (primary N) is 1. The number of hydrogen-bond donors (Lipinski definition) is 2. The van der Waals surface area contributed by atoms with Crippen LogP contribution in [0.1, 0.15) is 16.8 Å². The van der Waals surface area contributed by atoms with Crippen molar-refractivity contribution in [3.63, 3.8) is 0 Å². The largest absolute Gasteiger partial charge is 0.376 e. The fraction of sp³-hybridized carbons (Fsp3) is 0.545. The monoisotopic (exact) mass is 234 g/mol. The zero-order chi connectivity index (χ0) is 11.8. The highest BCUT2D eigenvalue weighted by atomic mass is 16.5. The first-order valence-corrected chi connectivity index (χ1v) is 5.72. The van der Waals surface area contributed by atoms with Crippen molar-refractivity contribution in [3.05, 3.63) is 24.0 Å². The van der Waals surface area contributed by atoms with Gasteiger partial charge in [-0.3, -0.25) is 4.79 Å². The molecular weight excluding hydrogens is 220 g/mol. The van der Waals surface area contributed by atoms with Crippen molar-refractivity contribution in [2.45, 2.75) is 24.6 Å². The second-order valence-electron chi connectivity index (χ2n) is 4.50. The minimum absolute atomic E-state index is 0.00115. The molecule has 1 saturated heterocycles. The lowest BCUT2D eigenvalue weighted by Gasteiger charge is -2.45. The van der Waals surface area contributed by atoms with E-state index in [0.717, 1.165) is 13.0 Å². The van der Waals surface area contributed by atoms with Crippen molar-refractivity contribution in [1.82, 2.24) is 15.5 Å². The third-order valence-electron chi connectivity index (χ3n) is 3.59. The molecule has 1 aromatic rings. The summed E-state index contributed by atoms with van der Waals surface area (Å²) in [4.78, 5) is 11.9. The van der Waals surface area contributed by atoms with Gasteiger partial charge in [0.25, 0.3) is 5.91 Å². The van der Waals surface area contributed by atoms with Gasteiger partial charge in [0.05, 0.1) is 30.1 Å². The molecule has 2 fully saturated rings. The second-order valence-corrected chi connectivity index (χ2v) is 4.50. The van der Waals surface area contributed by atoms with E-state index in [0.29, 0.717) is 11.5 Å². The van der Waals surface area contributed by atoms with Crippen LogP contribution >= 0.6 is 0 Å².